The predicted octanol–water partition coefficient (Wildman–Crippen LogP) is 4.10. The number of hydrogen-bond donors (Lipinski definition) is 2. The van der Waals surface area contributed by atoms with Crippen molar-refractivity contribution in [3.05, 3.63) is 57.4 Å². The number of carbonyl (C=O) groups is 1. The third-order valence-corrected chi connectivity index (χ3v) is 4.07. The smallest absolute Gasteiger partial charge is 0.239 e. The van der Waals surface area contributed by atoms with Crippen LogP contribution in [0.3, 0.4) is 0 Å². The van der Waals surface area contributed by atoms with E-state index in [0.29, 0.717) is 10.8 Å². The Morgan fingerprint density at radius 1 is 1.35 bits per heavy atom. The first-order valence-electron chi connectivity index (χ1n) is 6.90. The number of nitrogens with one attached hydrogen (secondary N) is 2. The topological polar surface area (TPSA) is 54.0 Å². The molecular weight excluding hydrogens is 385 g/mol. The minimum Gasteiger partial charge on any atom is -0.310 e. The van der Waals surface area contributed by atoms with Gasteiger partial charge in [0.05, 0.1) is 6.54 Å². The van der Waals surface area contributed by atoms with Gasteiger partial charge in [0, 0.05) is 21.2 Å². The molecule has 0 aliphatic rings. The van der Waals surface area contributed by atoms with Gasteiger partial charge in [-0.05, 0) is 59.6 Å². The van der Waals surface area contributed by atoms with Gasteiger partial charge in [0.15, 0.2) is 0 Å². The largest absolute Gasteiger partial charge is 0.310 e. The maximum absolute atomic E-state index is 13.1. The summed E-state index contributed by atoms with van der Waals surface area (Å²) >= 11 is 9.36. The van der Waals surface area contributed by atoms with Gasteiger partial charge < -0.3 is 5.32 Å². The number of pyridine rings is 1. The molecule has 0 saturated heterocycles. The zero-order chi connectivity index (χ0) is 17.0. The lowest BCUT2D eigenvalue weighted by Gasteiger charge is -2.27. The summed E-state index contributed by atoms with van der Waals surface area (Å²) in [5.41, 5.74) is 0.130. The monoisotopic (exact) mass is 399 g/mol. The van der Waals surface area contributed by atoms with Crippen molar-refractivity contribution in [2.75, 3.05) is 11.9 Å². The molecule has 1 aromatic carbocycles. The molecule has 0 atom stereocenters. The lowest BCUT2D eigenvalue weighted by molar-refractivity contribution is -0.115. The second-order valence-electron chi connectivity index (χ2n) is 5.51. The first kappa shape index (κ1) is 17.8. The molecule has 1 amide bonds. The van der Waals surface area contributed by atoms with E-state index in [9.17, 15) is 9.18 Å². The SMILES string of the molecule is CC(C)(NCC(=O)Nc1ccc(Br)cn1)c1ccc(F)cc1Cl. The Hall–Kier alpha value is -1.50. The van der Waals surface area contributed by atoms with Crippen molar-refractivity contribution in [1.29, 1.82) is 0 Å². The molecule has 4 nitrogen and oxygen atoms in total. The van der Waals surface area contributed by atoms with Crippen LogP contribution in [-0.2, 0) is 10.3 Å². The Morgan fingerprint density at radius 2 is 2.09 bits per heavy atom. The summed E-state index contributed by atoms with van der Waals surface area (Å²) in [6, 6.07) is 7.70. The second-order valence-corrected chi connectivity index (χ2v) is 6.84. The normalized spacial score (nSPS) is 11.3. The van der Waals surface area contributed by atoms with E-state index < -0.39 is 11.4 Å². The van der Waals surface area contributed by atoms with Crippen molar-refractivity contribution >= 4 is 39.3 Å². The Balaban J connectivity index is 1.98. The molecule has 23 heavy (non-hydrogen) atoms. The maximum atomic E-state index is 13.1. The third kappa shape index (κ3) is 4.99. The Bertz CT molecular complexity index is 707. The van der Waals surface area contributed by atoms with E-state index in [1.54, 1.807) is 24.4 Å². The average molecular weight is 401 g/mol. The highest BCUT2D eigenvalue weighted by Crippen LogP contribution is 2.28. The molecule has 122 valence electrons. The minimum absolute atomic E-state index is 0.0679. The molecule has 0 unspecified atom stereocenters. The van der Waals surface area contributed by atoms with Crippen molar-refractivity contribution in [1.82, 2.24) is 10.3 Å². The summed E-state index contributed by atoms with van der Waals surface area (Å²) in [6.45, 7) is 3.81. The van der Waals surface area contributed by atoms with Gasteiger partial charge in [0.1, 0.15) is 11.6 Å². The Kier molecular flexibility index (Phi) is 5.73. The van der Waals surface area contributed by atoms with Gasteiger partial charge in [-0.2, -0.15) is 0 Å². The van der Waals surface area contributed by atoms with E-state index >= 15 is 0 Å². The second kappa shape index (κ2) is 7.38. The highest BCUT2D eigenvalue weighted by molar-refractivity contribution is 9.10. The van der Waals surface area contributed by atoms with Crippen molar-refractivity contribution in [2.45, 2.75) is 19.4 Å². The lowest BCUT2D eigenvalue weighted by Crippen LogP contribution is -2.41. The Labute approximate surface area is 147 Å². The molecule has 0 spiro atoms. The lowest BCUT2D eigenvalue weighted by atomic mass is 9.94. The Morgan fingerprint density at radius 3 is 2.70 bits per heavy atom. The molecule has 0 saturated carbocycles. The van der Waals surface area contributed by atoms with Crippen molar-refractivity contribution < 1.29 is 9.18 Å². The van der Waals surface area contributed by atoms with Crippen LogP contribution in [0.2, 0.25) is 5.02 Å². The molecule has 0 bridgehead atoms. The summed E-state index contributed by atoms with van der Waals surface area (Å²) in [5, 5.41) is 6.12. The van der Waals surface area contributed by atoms with E-state index in [0.717, 1.165) is 10.0 Å². The molecule has 0 aliphatic carbocycles. The molecule has 2 aromatic rings. The van der Waals surface area contributed by atoms with Gasteiger partial charge in [0.25, 0.3) is 0 Å². The van der Waals surface area contributed by atoms with Gasteiger partial charge in [-0.3, -0.25) is 10.1 Å². The number of amides is 1. The fourth-order valence-electron chi connectivity index (χ4n) is 2.03. The van der Waals surface area contributed by atoms with Crippen LogP contribution in [0.25, 0.3) is 0 Å². The molecule has 1 aromatic heterocycles. The molecule has 0 radical (unpaired) electrons. The van der Waals surface area contributed by atoms with E-state index in [-0.39, 0.29) is 12.5 Å². The number of hydrogen-bond acceptors (Lipinski definition) is 3. The fraction of sp³-hybridized carbons (Fsp3) is 0.250. The van der Waals surface area contributed by atoms with Crippen LogP contribution in [0, 0.1) is 5.82 Å². The molecule has 1 heterocycles. The van der Waals surface area contributed by atoms with Gasteiger partial charge in [0.2, 0.25) is 5.91 Å². The quantitative estimate of drug-likeness (QED) is 0.794. The van der Waals surface area contributed by atoms with Crippen LogP contribution < -0.4 is 10.6 Å². The van der Waals surface area contributed by atoms with Crippen LogP contribution in [0.15, 0.2) is 41.0 Å². The number of carbonyl (C=O) groups excluding carboxylic acids is 1. The third-order valence-electron chi connectivity index (χ3n) is 3.29. The number of rotatable bonds is 5. The van der Waals surface area contributed by atoms with Gasteiger partial charge in [-0.1, -0.05) is 17.7 Å². The minimum atomic E-state index is -0.588. The van der Waals surface area contributed by atoms with Crippen LogP contribution in [0.4, 0.5) is 10.2 Å². The average Bonchev–Trinajstić information content (AvgIpc) is 2.47. The van der Waals surface area contributed by atoms with Crippen molar-refractivity contribution in [2.24, 2.45) is 0 Å². The molecule has 7 heteroatoms. The predicted molar refractivity (Wildman–Crippen MR) is 93.0 cm³/mol. The molecule has 0 fully saturated rings. The first-order chi connectivity index (χ1) is 10.8. The summed E-state index contributed by atoms with van der Waals surface area (Å²) in [7, 11) is 0. The number of halogens is 3. The molecule has 2 rings (SSSR count). The molecular formula is C16H16BrClFN3O. The molecule has 2 N–H and O–H groups in total. The number of nitrogens with zero attached hydrogens (tertiary/aromatic N) is 1. The first-order valence-corrected chi connectivity index (χ1v) is 8.07. The molecule has 0 aliphatic heterocycles. The highest BCUT2D eigenvalue weighted by Gasteiger charge is 2.23. The summed E-state index contributed by atoms with van der Waals surface area (Å²) in [5.74, 6) is -0.155. The number of aromatic nitrogens is 1. The van der Waals surface area contributed by atoms with E-state index in [2.05, 4.69) is 31.5 Å². The van der Waals surface area contributed by atoms with E-state index in [4.69, 9.17) is 11.6 Å². The number of anilines is 1. The van der Waals surface area contributed by atoms with Crippen molar-refractivity contribution in [3.63, 3.8) is 0 Å². The van der Waals surface area contributed by atoms with Crippen LogP contribution in [-0.4, -0.2) is 17.4 Å². The zero-order valence-corrected chi connectivity index (χ0v) is 15.0. The van der Waals surface area contributed by atoms with Crippen LogP contribution >= 0.6 is 27.5 Å². The number of benzene rings is 1. The summed E-state index contributed by atoms with van der Waals surface area (Å²) in [4.78, 5) is 16.1. The van der Waals surface area contributed by atoms with Crippen molar-refractivity contribution in [3.8, 4) is 0 Å². The van der Waals surface area contributed by atoms with Crippen LogP contribution in [0.1, 0.15) is 19.4 Å². The van der Waals surface area contributed by atoms with E-state index in [1.165, 1.54) is 12.1 Å². The summed E-state index contributed by atoms with van der Waals surface area (Å²) in [6.07, 6.45) is 1.60. The zero-order valence-electron chi connectivity index (χ0n) is 12.7. The highest BCUT2D eigenvalue weighted by atomic mass is 79.9. The van der Waals surface area contributed by atoms with E-state index in [1.807, 2.05) is 13.8 Å². The van der Waals surface area contributed by atoms with Gasteiger partial charge in [-0.15, -0.1) is 0 Å². The van der Waals surface area contributed by atoms with Crippen LogP contribution in [0.5, 0.6) is 0 Å². The van der Waals surface area contributed by atoms with Gasteiger partial charge in [-0.25, -0.2) is 9.37 Å². The van der Waals surface area contributed by atoms with Gasteiger partial charge >= 0.3 is 0 Å². The standard InChI is InChI=1S/C16H16BrClFN3O/c1-16(2,12-5-4-11(19)7-13(12)18)21-9-15(23)22-14-6-3-10(17)8-20-14/h3-8,21H,9H2,1-2H3,(H,20,22,23). The maximum Gasteiger partial charge on any atom is 0.239 e. The summed E-state index contributed by atoms with van der Waals surface area (Å²) < 4.78 is 14.0. The fourth-order valence-corrected chi connectivity index (χ4v) is 2.67.